The molecule has 2 aliphatic rings. The number of rotatable bonds is 1. The van der Waals surface area contributed by atoms with Crippen LogP contribution in [0.25, 0.3) is 0 Å². The molecule has 0 aromatic carbocycles. The van der Waals surface area contributed by atoms with E-state index in [-0.39, 0.29) is 0 Å². The maximum absolute atomic E-state index is 10.6. The van der Waals surface area contributed by atoms with E-state index in [9.17, 15) is 13.2 Å². The monoisotopic (exact) mass is 269 g/mol. The third-order valence-electron chi connectivity index (χ3n) is 3.67. The summed E-state index contributed by atoms with van der Waals surface area (Å²) in [5.74, 6) is -2.14. The highest BCUT2D eigenvalue weighted by atomic mass is 19.4. The van der Waals surface area contributed by atoms with Crippen molar-refractivity contribution in [2.75, 3.05) is 19.7 Å². The minimum atomic E-state index is -5.08. The summed E-state index contributed by atoms with van der Waals surface area (Å²) >= 11 is 0. The molecule has 1 heterocycles. The second kappa shape index (κ2) is 5.88. The zero-order valence-electron chi connectivity index (χ0n) is 9.96. The van der Waals surface area contributed by atoms with Crippen LogP contribution in [0.4, 0.5) is 13.2 Å². The van der Waals surface area contributed by atoms with Crippen LogP contribution in [0.15, 0.2) is 0 Å². The summed E-state index contributed by atoms with van der Waals surface area (Å²) in [5, 5.41) is 19.4. The van der Waals surface area contributed by atoms with Gasteiger partial charge in [-0.25, -0.2) is 4.79 Å². The highest BCUT2D eigenvalue weighted by Gasteiger charge is 2.39. The fourth-order valence-electron chi connectivity index (χ4n) is 2.30. The van der Waals surface area contributed by atoms with Crippen molar-refractivity contribution in [3.05, 3.63) is 0 Å². The van der Waals surface area contributed by atoms with E-state index < -0.39 is 12.1 Å². The Morgan fingerprint density at radius 1 is 1.28 bits per heavy atom. The lowest BCUT2D eigenvalue weighted by molar-refractivity contribution is -0.192. The predicted molar refractivity (Wildman–Crippen MR) is 58.0 cm³/mol. The molecule has 18 heavy (non-hydrogen) atoms. The lowest BCUT2D eigenvalue weighted by atomic mass is 9.67. The van der Waals surface area contributed by atoms with Gasteiger partial charge in [-0.15, -0.1) is 0 Å². The van der Waals surface area contributed by atoms with E-state index in [1.54, 1.807) is 0 Å². The summed E-state index contributed by atoms with van der Waals surface area (Å²) in [6.45, 7) is 2.86. The van der Waals surface area contributed by atoms with E-state index in [0.29, 0.717) is 17.9 Å². The quantitative estimate of drug-likeness (QED) is 0.673. The van der Waals surface area contributed by atoms with Gasteiger partial charge in [-0.1, -0.05) is 0 Å². The Morgan fingerprint density at radius 2 is 1.72 bits per heavy atom. The molecular weight excluding hydrogens is 251 g/mol. The smallest absolute Gasteiger partial charge is 0.475 e. The molecule has 0 atom stereocenters. The molecule has 4 nitrogen and oxygen atoms in total. The largest absolute Gasteiger partial charge is 0.490 e. The summed E-state index contributed by atoms with van der Waals surface area (Å²) in [7, 11) is 0. The molecule has 0 bridgehead atoms. The van der Waals surface area contributed by atoms with Crippen molar-refractivity contribution in [2.45, 2.75) is 31.9 Å². The molecule has 1 aliphatic heterocycles. The molecular formula is C11H18F3NO3. The number of hydrogen-bond donors (Lipinski definition) is 3. The third-order valence-corrected chi connectivity index (χ3v) is 3.67. The Morgan fingerprint density at radius 3 is 1.94 bits per heavy atom. The molecule has 0 radical (unpaired) electrons. The molecule has 0 aromatic heterocycles. The first-order valence-electron chi connectivity index (χ1n) is 5.91. The van der Waals surface area contributed by atoms with Crippen molar-refractivity contribution in [3.8, 4) is 0 Å². The number of carboxylic acid groups (broad SMARTS) is 1. The summed E-state index contributed by atoms with van der Waals surface area (Å²) in [4.78, 5) is 8.90. The molecule has 0 unspecified atom stereocenters. The Labute approximate surface area is 103 Å². The number of halogens is 3. The van der Waals surface area contributed by atoms with Crippen molar-refractivity contribution in [1.29, 1.82) is 0 Å². The van der Waals surface area contributed by atoms with Crippen LogP contribution in [-0.2, 0) is 4.79 Å². The predicted octanol–water partition coefficient (Wildman–Crippen LogP) is 1.39. The van der Waals surface area contributed by atoms with E-state index >= 15 is 0 Å². The van der Waals surface area contributed by atoms with Gasteiger partial charge in [0, 0.05) is 19.7 Å². The van der Waals surface area contributed by atoms with Gasteiger partial charge in [-0.05, 0) is 37.0 Å². The number of hydrogen-bond acceptors (Lipinski definition) is 3. The van der Waals surface area contributed by atoms with E-state index in [1.165, 1.54) is 38.8 Å². The number of nitrogens with one attached hydrogen (secondary N) is 1. The van der Waals surface area contributed by atoms with E-state index in [0.717, 1.165) is 0 Å². The molecule has 1 saturated carbocycles. The topological polar surface area (TPSA) is 69.6 Å². The van der Waals surface area contributed by atoms with Crippen LogP contribution in [0.3, 0.4) is 0 Å². The Bertz CT molecular complexity index is 280. The van der Waals surface area contributed by atoms with Crippen molar-refractivity contribution in [2.24, 2.45) is 11.3 Å². The Kier molecular flexibility index (Phi) is 4.98. The lowest BCUT2D eigenvalue weighted by Gasteiger charge is -2.47. The van der Waals surface area contributed by atoms with Gasteiger partial charge in [0.25, 0.3) is 0 Å². The normalized spacial score (nSPS) is 22.9. The number of alkyl halides is 3. The van der Waals surface area contributed by atoms with Crippen LogP contribution in [-0.4, -0.2) is 42.1 Å². The summed E-state index contributed by atoms with van der Waals surface area (Å²) < 4.78 is 31.7. The van der Waals surface area contributed by atoms with Gasteiger partial charge in [-0.3, -0.25) is 0 Å². The summed E-state index contributed by atoms with van der Waals surface area (Å²) in [6, 6.07) is 0. The standard InChI is InChI=1S/C9H17NO.C2HF3O2/c11-5-8-1-3-9(4-2-8)6-10-7-9;3-2(4,5)1(6)7/h8,10-11H,1-7H2;(H,6,7). The first-order valence-corrected chi connectivity index (χ1v) is 5.91. The van der Waals surface area contributed by atoms with Gasteiger partial charge in [-0.2, -0.15) is 13.2 Å². The summed E-state index contributed by atoms with van der Waals surface area (Å²) in [6.07, 6.45) is 0.0901. The number of carboxylic acids is 1. The SMILES string of the molecule is O=C(O)C(F)(F)F.OCC1CCC2(CC1)CNC2. The van der Waals surface area contributed by atoms with Crippen LogP contribution < -0.4 is 5.32 Å². The zero-order chi connectivity index (χ0) is 13.8. The molecule has 0 aromatic rings. The lowest BCUT2D eigenvalue weighted by Crippen LogP contribution is -2.54. The van der Waals surface area contributed by atoms with Crippen LogP contribution in [0.5, 0.6) is 0 Å². The molecule has 0 amide bonds. The molecule has 2 fully saturated rings. The zero-order valence-corrected chi connectivity index (χ0v) is 9.96. The highest BCUT2D eigenvalue weighted by molar-refractivity contribution is 5.73. The van der Waals surface area contributed by atoms with Gasteiger partial charge in [0.1, 0.15) is 0 Å². The van der Waals surface area contributed by atoms with Gasteiger partial charge >= 0.3 is 12.1 Å². The number of aliphatic hydroxyl groups excluding tert-OH is 1. The van der Waals surface area contributed by atoms with Gasteiger partial charge in [0.05, 0.1) is 0 Å². The van der Waals surface area contributed by atoms with Crippen molar-refractivity contribution in [3.63, 3.8) is 0 Å². The minimum Gasteiger partial charge on any atom is -0.475 e. The second-order valence-electron chi connectivity index (χ2n) is 5.03. The minimum absolute atomic E-state index is 0.406. The van der Waals surface area contributed by atoms with Gasteiger partial charge in [0.15, 0.2) is 0 Å². The average molecular weight is 269 g/mol. The molecule has 2 rings (SSSR count). The fraction of sp³-hybridized carbons (Fsp3) is 0.909. The Hall–Kier alpha value is -0.820. The molecule has 3 N–H and O–H groups in total. The maximum Gasteiger partial charge on any atom is 0.490 e. The second-order valence-corrected chi connectivity index (χ2v) is 5.03. The first-order chi connectivity index (χ1) is 8.29. The van der Waals surface area contributed by atoms with E-state index in [4.69, 9.17) is 15.0 Å². The maximum atomic E-state index is 10.6. The number of aliphatic hydroxyl groups is 1. The van der Waals surface area contributed by atoms with Crippen molar-refractivity contribution >= 4 is 5.97 Å². The fourth-order valence-corrected chi connectivity index (χ4v) is 2.30. The van der Waals surface area contributed by atoms with Crippen LogP contribution in [0.2, 0.25) is 0 Å². The number of aliphatic carboxylic acids is 1. The average Bonchev–Trinajstić information content (AvgIpc) is 2.26. The molecule has 7 heteroatoms. The van der Waals surface area contributed by atoms with E-state index in [1.807, 2.05) is 0 Å². The van der Waals surface area contributed by atoms with Crippen LogP contribution in [0, 0.1) is 11.3 Å². The van der Waals surface area contributed by atoms with Crippen molar-refractivity contribution in [1.82, 2.24) is 5.32 Å². The molecule has 1 aliphatic carbocycles. The van der Waals surface area contributed by atoms with E-state index in [2.05, 4.69) is 5.32 Å². The van der Waals surface area contributed by atoms with Gasteiger partial charge < -0.3 is 15.5 Å². The first kappa shape index (κ1) is 15.2. The third kappa shape index (κ3) is 4.13. The molecule has 1 saturated heterocycles. The van der Waals surface area contributed by atoms with Crippen molar-refractivity contribution < 1.29 is 28.2 Å². The molecule has 106 valence electrons. The van der Waals surface area contributed by atoms with Gasteiger partial charge in [0.2, 0.25) is 0 Å². The Balaban J connectivity index is 0.000000203. The highest BCUT2D eigenvalue weighted by Crippen LogP contribution is 2.41. The summed E-state index contributed by atoms with van der Waals surface area (Å²) in [5.41, 5.74) is 0.658. The molecule has 1 spiro atoms. The number of carbonyl (C=O) groups is 1. The van der Waals surface area contributed by atoms with Crippen LogP contribution >= 0.6 is 0 Å². The van der Waals surface area contributed by atoms with Crippen LogP contribution in [0.1, 0.15) is 25.7 Å².